The van der Waals surface area contributed by atoms with Crippen molar-refractivity contribution in [1.82, 2.24) is 0 Å². The molecule has 0 aliphatic heterocycles. The maximum Gasteiger partial charge on any atom is 0.0701 e. The van der Waals surface area contributed by atoms with E-state index >= 15 is 0 Å². The lowest BCUT2D eigenvalue weighted by Gasteiger charge is -2.14. The summed E-state index contributed by atoms with van der Waals surface area (Å²) in [5.41, 5.74) is 8.62. The molecular weight excluding hydrogens is 306 g/mol. The second-order valence-electron chi connectivity index (χ2n) is 4.70. The van der Waals surface area contributed by atoms with Crippen LogP contribution in [0.25, 0.3) is 0 Å². The number of benzene rings is 1. The predicted molar refractivity (Wildman–Crippen MR) is 83.2 cm³/mol. The Bertz CT molecular complexity index is 507. The molecule has 96 valence electrons. The highest BCUT2D eigenvalue weighted by atomic mass is 79.9. The summed E-state index contributed by atoms with van der Waals surface area (Å²) in [7, 11) is 0. The average molecular weight is 324 g/mol. The first-order chi connectivity index (χ1) is 8.67. The maximum atomic E-state index is 5.91. The van der Waals surface area contributed by atoms with Gasteiger partial charge in [-0.3, -0.25) is 0 Å². The second kappa shape index (κ2) is 6.50. The van der Waals surface area contributed by atoms with Gasteiger partial charge in [0.25, 0.3) is 0 Å². The van der Waals surface area contributed by atoms with Crippen molar-refractivity contribution in [3.05, 3.63) is 56.2 Å². The summed E-state index contributed by atoms with van der Waals surface area (Å²) in [5.74, 6) is 0.525. The van der Waals surface area contributed by atoms with Crippen molar-refractivity contribution in [3.8, 4) is 0 Å². The zero-order valence-corrected chi connectivity index (χ0v) is 12.9. The molecule has 0 radical (unpaired) electrons. The molecule has 0 aliphatic rings. The molecule has 1 nitrogen and oxygen atoms in total. The molecule has 0 aliphatic carbocycles. The average Bonchev–Trinajstić information content (AvgIpc) is 2.74. The highest BCUT2D eigenvalue weighted by Gasteiger charge is 2.10. The first kappa shape index (κ1) is 13.8. The Kier molecular flexibility index (Phi) is 4.98. The molecule has 1 atom stereocenters. The topological polar surface area (TPSA) is 26.0 Å². The predicted octanol–water partition coefficient (Wildman–Crippen LogP) is 4.18. The van der Waals surface area contributed by atoms with Gasteiger partial charge in [0, 0.05) is 4.88 Å². The van der Waals surface area contributed by atoms with E-state index in [9.17, 15) is 0 Å². The van der Waals surface area contributed by atoms with Crippen LogP contribution < -0.4 is 5.73 Å². The molecule has 2 aromatic rings. The largest absolute Gasteiger partial charge is 0.330 e. The van der Waals surface area contributed by atoms with E-state index < -0.39 is 0 Å². The fourth-order valence-corrected chi connectivity index (χ4v) is 3.75. The van der Waals surface area contributed by atoms with Gasteiger partial charge in [0.05, 0.1) is 3.79 Å². The molecule has 0 saturated heterocycles. The zero-order chi connectivity index (χ0) is 13.0. The van der Waals surface area contributed by atoms with Crippen molar-refractivity contribution >= 4 is 27.3 Å². The van der Waals surface area contributed by atoms with Gasteiger partial charge < -0.3 is 5.73 Å². The number of hydrogen-bond donors (Lipinski definition) is 1. The van der Waals surface area contributed by atoms with Gasteiger partial charge in [-0.1, -0.05) is 29.8 Å². The third-order valence-corrected chi connectivity index (χ3v) is 4.70. The molecule has 1 aromatic heterocycles. The minimum atomic E-state index is 0.525. The van der Waals surface area contributed by atoms with Crippen molar-refractivity contribution in [3.63, 3.8) is 0 Å². The SMILES string of the molecule is Cc1cccc(CC(CN)Cc2ccc(Br)s2)c1. The van der Waals surface area contributed by atoms with Crippen molar-refractivity contribution in [1.29, 1.82) is 0 Å². The minimum absolute atomic E-state index is 0.525. The molecule has 0 fully saturated rings. The van der Waals surface area contributed by atoms with E-state index in [0.29, 0.717) is 5.92 Å². The Balaban J connectivity index is 2.01. The van der Waals surface area contributed by atoms with E-state index in [0.717, 1.165) is 19.4 Å². The van der Waals surface area contributed by atoms with Gasteiger partial charge in [0.2, 0.25) is 0 Å². The summed E-state index contributed by atoms with van der Waals surface area (Å²) in [6, 6.07) is 13.0. The van der Waals surface area contributed by atoms with Gasteiger partial charge in [0.15, 0.2) is 0 Å². The highest BCUT2D eigenvalue weighted by molar-refractivity contribution is 9.11. The third-order valence-electron chi connectivity index (χ3n) is 3.06. The molecule has 2 rings (SSSR count). The van der Waals surface area contributed by atoms with E-state index in [4.69, 9.17) is 5.73 Å². The van der Waals surface area contributed by atoms with Crippen LogP contribution in [0.4, 0.5) is 0 Å². The first-order valence-electron chi connectivity index (χ1n) is 6.17. The third kappa shape index (κ3) is 3.94. The molecule has 0 amide bonds. The summed E-state index contributed by atoms with van der Waals surface area (Å²) >= 11 is 5.31. The van der Waals surface area contributed by atoms with Crippen LogP contribution in [0.5, 0.6) is 0 Å². The van der Waals surface area contributed by atoms with Gasteiger partial charge in [-0.25, -0.2) is 0 Å². The second-order valence-corrected chi connectivity index (χ2v) is 7.25. The number of rotatable bonds is 5. The number of thiophene rings is 1. The highest BCUT2D eigenvalue weighted by Crippen LogP contribution is 2.25. The van der Waals surface area contributed by atoms with Crippen LogP contribution >= 0.6 is 27.3 Å². The molecular formula is C15H18BrNS. The normalized spacial score (nSPS) is 12.6. The Morgan fingerprint density at radius 3 is 2.67 bits per heavy atom. The zero-order valence-electron chi connectivity index (χ0n) is 10.5. The van der Waals surface area contributed by atoms with Gasteiger partial charge in [-0.05, 0) is 65.9 Å². The standard InChI is InChI=1S/C15H18BrNS/c1-11-3-2-4-12(7-11)8-13(10-17)9-14-5-6-15(16)18-14/h2-7,13H,8-10,17H2,1H3. The number of aryl methyl sites for hydroxylation is 1. The molecule has 0 saturated carbocycles. The van der Waals surface area contributed by atoms with Crippen molar-refractivity contribution in [2.45, 2.75) is 19.8 Å². The summed E-state index contributed by atoms with van der Waals surface area (Å²) in [4.78, 5) is 1.41. The molecule has 2 N–H and O–H groups in total. The Hall–Kier alpha value is -0.640. The van der Waals surface area contributed by atoms with E-state index in [-0.39, 0.29) is 0 Å². The van der Waals surface area contributed by atoms with Crippen LogP contribution in [-0.4, -0.2) is 6.54 Å². The van der Waals surface area contributed by atoms with Gasteiger partial charge in [-0.2, -0.15) is 0 Å². The molecule has 18 heavy (non-hydrogen) atoms. The number of hydrogen-bond acceptors (Lipinski definition) is 2. The molecule has 1 unspecified atom stereocenters. The lowest BCUT2D eigenvalue weighted by molar-refractivity contribution is 0.537. The van der Waals surface area contributed by atoms with E-state index in [1.54, 1.807) is 11.3 Å². The van der Waals surface area contributed by atoms with Crippen LogP contribution in [0, 0.1) is 12.8 Å². The molecule has 0 spiro atoms. The van der Waals surface area contributed by atoms with Crippen molar-refractivity contribution in [2.24, 2.45) is 11.7 Å². The molecule has 1 heterocycles. The summed E-state index contributed by atoms with van der Waals surface area (Å²) < 4.78 is 1.20. The van der Waals surface area contributed by atoms with Crippen LogP contribution in [-0.2, 0) is 12.8 Å². The molecule has 3 heteroatoms. The van der Waals surface area contributed by atoms with E-state index in [1.807, 2.05) is 0 Å². The van der Waals surface area contributed by atoms with Crippen molar-refractivity contribution < 1.29 is 0 Å². The minimum Gasteiger partial charge on any atom is -0.330 e. The fourth-order valence-electron chi connectivity index (χ4n) is 2.16. The fraction of sp³-hybridized carbons (Fsp3) is 0.333. The van der Waals surface area contributed by atoms with Gasteiger partial charge >= 0.3 is 0 Å². The maximum absolute atomic E-state index is 5.91. The van der Waals surface area contributed by atoms with Crippen LogP contribution in [0.15, 0.2) is 40.2 Å². The Labute approximate surface area is 121 Å². The monoisotopic (exact) mass is 323 g/mol. The first-order valence-corrected chi connectivity index (χ1v) is 7.78. The Morgan fingerprint density at radius 1 is 1.22 bits per heavy atom. The van der Waals surface area contributed by atoms with Gasteiger partial charge in [0.1, 0.15) is 0 Å². The van der Waals surface area contributed by atoms with Gasteiger partial charge in [-0.15, -0.1) is 11.3 Å². The van der Waals surface area contributed by atoms with Crippen LogP contribution in [0.1, 0.15) is 16.0 Å². The van der Waals surface area contributed by atoms with E-state index in [1.165, 1.54) is 19.8 Å². The summed E-state index contributed by atoms with van der Waals surface area (Å²) in [6.07, 6.45) is 2.13. The quantitative estimate of drug-likeness (QED) is 0.877. The molecule has 0 bridgehead atoms. The summed E-state index contributed by atoms with van der Waals surface area (Å²) in [6.45, 7) is 2.88. The summed E-state index contributed by atoms with van der Waals surface area (Å²) in [5, 5.41) is 0. The Morgan fingerprint density at radius 2 is 2.06 bits per heavy atom. The lowest BCUT2D eigenvalue weighted by atomic mass is 9.95. The van der Waals surface area contributed by atoms with E-state index in [2.05, 4.69) is 59.3 Å². The lowest BCUT2D eigenvalue weighted by Crippen LogP contribution is -2.19. The number of nitrogens with two attached hydrogens (primary N) is 1. The number of halogens is 1. The van der Waals surface area contributed by atoms with Crippen LogP contribution in [0.2, 0.25) is 0 Å². The van der Waals surface area contributed by atoms with Crippen LogP contribution in [0.3, 0.4) is 0 Å². The molecule has 1 aromatic carbocycles. The smallest absolute Gasteiger partial charge is 0.0701 e. The van der Waals surface area contributed by atoms with Crippen molar-refractivity contribution in [2.75, 3.05) is 6.54 Å².